The third kappa shape index (κ3) is 7.95. The van der Waals surface area contributed by atoms with E-state index in [1.807, 2.05) is 32.1 Å². The van der Waals surface area contributed by atoms with Crippen LogP contribution in [-0.4, -0.2) is 52.7 Å². The van der Waals surface area contributed by atoms with Crippen LogP contribution in [0.5, 0.6) is 0 Å². The summed E-state index contributed by atoms with van der Waals surface area (Å²) in [5.41, 5.74) is 1.07. The number of unbranched alkanes of at least 4 members (excludes halogenated alkanes) is 1. The largest absolute Gasteiger partial charge is 0.593 e. The van der Waals surface area contributed by atoms with Gasteiger partial charge in [0.2, 0.25) is 0 Å². The van der Waals surface area contributed by atoms with Gasteiger partial charge in [-0.1, -0.05) is 41.4 Å². The van der Waals surface area contributed by atoms with Crippen LogP contribution in [0.25, 0.3) is 0 Å². The molecule has 6 heteroatoms. The lowest BCUT2D eigenvalue weighted by Gasteiger charge is -2.37. The molecule has 1 heterocycles. The third-order valence-electron chi connectivity index (χ3n) is 4.46. The highest BCUT2D eigenvalue weighted by Gasteiger charge is 2.31. The number of nitrogens with zero attached hydrogens (tertiary/aromatic N) is 2. The van der Waals surface area contributed by atoms with Gasteiger partial charge in [0.25, 0.3) is 0 Å². The first-order chi connectivity index (χ1) is 12.0. The highest BCUT2D eigenvalue weighted by atomic mass is 79.9. The summed E-state index contributed by atoms with van der Waals surface area (Å²) in [5, 5.41) is 0. The summed E-state index contributed by atoms with van der Waals surface area (Å²) in [7, 11) is 0. The van der Waals surface area contributed by atoms with Crippen LogP contribution in [0.15, 0.2) is 33.7 Å². The summed E-state index contributed by atoms with van der Waals surface area (Å²) in [4.78, 5) is 4.93. The van der Waals surface area contributed by atoms with E-state index in [0.717, 1.165) is 55.8 Å². The van der Waals surface area contributed by atoms with E-state index in [4.69, 9.17) is 0 Å². The summed E-state index contributed by atoms with van der Waals surface area (Å²) in [6.07, 6.45) is 9.84. The lowest BCUT2D eigenvalue weighted by atomic mass is 10.0. The Morgan fingerprint density at radius 3 is 2.48 bits per heavy atom. The zero-order valence-electron chi connectivity index (χ0n) is 15.7. The first kappa shape index (κ1) is 22.9. The number of hydrogen-bond acceptors (Lipinski definition) is 3. The van der Waals surface area contributed by atoms with Crippen molar-refractivity contribution in [3.63, 3.8) is 0 Å². The molecule has 0 aromatic heterocycles. The molecule has 144 valence electrons. The van der Waals surface area contributed by atoms with Crippen molar-refractivity contribution >= 4 is 27.3 Å². The zero-order chi connectivity index (χ0) is 18.7. The molecule has 1 aliphatic rings. The fourth-order valence-electron chi connectivity index (χ4n) is 3.04. The maximum absolute atomic E-state index is 12.9. The van der Waals surface area contributed by atoms with E-state index in [2.05, 4.69) is 32.1 Å². The number of halogens is 2. The number of hydrogen-bond donors (Lipinski definition) is 0. The van der Waals surface area contributed by atoms with Gasteiger partial charge in [-0.2, -0.15) is 0 Å². The van der Waals surface area contributed by atoms with Gasteiger partial charge >= 0.3 is 0 Å². The van der Waals surface area contributed by atoms with Crippen LogP contribution in [0, 0.1) is 0 Å². The molecule has 1 saturated heterocycles. The lowest BCUT2D eigenvalue weighted by Crippen LogP contribution is -2.47. The molecule has 1 aliphatic heterocycles. The molecule has 0 saturated carbocycles. The van der Waals surface area contributed by atoms with Gasteiger partial charge in [-0.05, 0) is 56.3 Å². The highest BCUT2D eigenvalue weighted by molar-refractivity contribution is 9.11. The van der Waals surface area contributed by atoms with E-state index < -0.39 is 11.4 Å². The van der Waals surface area contributed by atoms with Gasteiger partial charge in [-0.3, -0.25) is 4.90 Å². The summed E-state index contributed by atoms with van der Waals surface area (Å²) in [6.45, 7) is 8.95. The molecule has 0 aliphatic carbocycles. The predicted molar refractivity (Wildman–Crippen MR) is 111 cm³/mol. The van der Waals surface area contributed by atoms with Crippen molar-refractivity contribution in [2.75, 3.05) is 32.9 Å². The normalized spacial score (nSPS) is 18.5. The van der Waals surface area contributed by atoms with Crippen molar-refractivity contribution in [3.05, 3.63) is 33.7 Å². The van der Waals surface area contributed by atoms with Crippen LogP contribution in [0.1, 0.15) is 46.5 Å². The topological polar surface area (TPSA) is 29.5 Å². The van der Waals surface area contributed by atoms with Crippen molar-refractivity contribution in [2.24, 2.45) is 0 Å². The van der Waals surface area contributed by atoms with Crippen molar-refractivity contribution in [1.82, 2.24) is 9.21 Å². The van der Waals surface area contributed by atoms with Crippen LogP contribution >= 0.6 is 15.9 Å². The van der Waals surface area contributed by atoms with E-state index in [1.54, 1.807) is 4.99 Å². The van der Waals surface area contributed by atoms with E-state index in [-0.39, 0.29) is 6.67 Å². The minimum atomic E-state index is -1.13. The number of allylic oxidation sites excluding steroid dienone is 4. The van der Waals surface area contributed by atoms with Gasteiger partial charge in [-0.15, -0.1) is 4.31 Å². The molecule has 0 amide bonds. The van der Waals surface area contributed by atoms with Crippen molar-refractivity contribution in [2.45, 2.75) is 52.5 Å². The second kappa shape index (κ2) is 13.1. The van der Waals surface area contributed by atoms with Gasteiger partial charge in [0.15, 0.2) is 4.91 Å². The molecule has 1 atom stereocenters. The SMILES string of the molecule is CCCCN(CCF)C1CCN([S+]([O-])C(/C=C\C=C\Br)=C(C)C)CC1. The van der Waals surface area contributed by atoms with Crippen LogP contribution in [0.3, 0.4) is 0 Å². The minimum absolute atomic E-state index is 0.288. The quantitative estimate of drug-likeness (QED) is 0.360. The summed E-state index contributed by atoms with van der Waals surface area (Å²) in [6, 6.07) is 0.414. The van der Waals surface area contributed by atoms with Gasteiger partial charge in [0.1, 0.15) is 6.67 Å². The Bertz CT molecular complexity index is 458. The molecule has 0 radical (unpaired) electrons. The Balaban J connectivity index is 2.65. The molecule has 0 spiro atoms. The number of piperidine rings is 1. The second-order valence-corrected chi connectivity index (χ2v) is 8.51. The fraction of sp³-hybridized carbons (Fsp3) is 0.684. The average molecular weight is 435 g/mol. The predicted octanol–water partition coefficient (Wildman–Crippen LogP) is 4.94. The molecule has 25 heavy (non-hydrogen) atoms. The molecule has 1 fully saturated rings. The maximum Gasteiger partial charge on any atom is 0.172 e. The van der Waals surface area contributed by atoms with Gasteiger partial charge in [0, 0.05) is 25.7 Å². The molecule has 0 N–H and O–H groups in total. The Morgan fingerprint density at radius 2 is 1.96 bits per heavy atom. The van der Waals surface area contributed by atoms with Gasteiger partial charge in [-0.25, -0.2) is 4.39 Å². The summed E-state index contributed by atoms with van der Waals surface area (Å²) < 4.78 is 27.8. The standard InChI is InChI=1S/C19H32BrFN2OS/c1-4-5-13-22(16-12-21)18-9-14-23(15-10-18)25(24)19(17(2)3)8-6-7-11-20/h6-8,11,18H,4-5,9-10,12-16H2,1-3H3/b8-6-,11-7+. The number of alkyl halides is 1. The molecule has 1 unspecified atom stereocenters. The van der Waals surface area contributed by atoms with E-state index in [9.17, 15) is 8.94 Å². The Hall–Kier alpha value is -0.140. The van der Waals surface area contributed by atoms with Crippen LogP contribution in [0.2, 0.25) is 0 Å². The van der Waals surface area contributed by atoms with E-state index in [1.165, 1.54) is 0 Å². The first-order valence-corrected chi connectivity index (χ1v) is 11.1. The fourth-order valence-corrected chi connectivity index (χ4v) is 4.58. The Morgan fingerprint density at radius 1 is 1.28 bits per heavy atom. The molecule has 0 aromatic rings. The minimum Gasteiger partial charge on any atom is -0.593 e. The first-order valence-electron chi connectivity index (χ1n) is 9.12. The molecule has 1 rings (SSSR count). The monoisotopic (exact) mass is 434 g/mol. The highest BCUT2D eigenvalue weighted by Crippen LogP contribution is 2.25. The van der Waals surface area contributed by atoms with Gasteiger partial charge < -0.3 is 4.55 Å². The Kier molecular flexibility index (Phi) is 12.0. The second-order valence-electron chi connectivity index (χ2n) is 6.53. The zero-order valence-corrected chi connectivity index (χ0v) is 18.1. The number of rotatable bonds is 10. The van der Waals surface area contributed by atoms with E-state index >= 15 is 0 Å². The summed E-state index contributed by atoms with van der Waals surface area (Å²) >= 11 is 2.10. The lowest BCUT2D eigenvalue weighted by molar-refractivity contribution is 0.129. The van der Waals surface area contributed by atoms with Crippen LogP contribution in [-0.2, 0) is 11.4 Å². The average Bonchev–Trinajstić information content (AvgIpc) is 2.61. The summed E-state index contributed by atoms with van der Waals surface area (Å²) in [5.74, 6) is 0. The molecule has 3 nitrogen and oxygen atoms in total. The molecule has 0 bridgehead atoms. The van der Waals surface area contributed by atoms with Crippen molar-refractivity contribution in [3.8, 4) is 0 Å². The molecular weight excluding hydrogens is 403 g/mol. The van der Waals surface area contributed by atoms with Gasteiger partial charge in [0.05, 0.1) is 11.4 Å². The molecule has 0 aromatic carbocycles. The Labute approximate surface area is 164 Å². The van der Waals surface area contributed by atoms with Crippen molar-refractivity contribution in [1.29, 1.82) is 0 Å². The van der Waals surface area contributed by atoms with Crippen LogP contribution in [0.4, 0.5) is 4.39 Å². The smallest absolute Gasteiger partial charge is 0.172 e. The third-order valence-corrected chi connectivity index (χ3v) is 6.52. The van der Waals surface area contributed by atoms with E-state index in [0.29, 0.717) is 12.6 Å². The maximum atomic E-state index is 12.9. The van der Waals surface area contributed by atoms with Crippen molar-refractivity contribution < 1.29 is 8.94 Å². The van der Waals surface area contributed by atoms with Crippen LogP contribution < -0.4 is 0 Å². The molecular formula is C19H32BrFN2OS.